The molecule has 0 saturated carbocycles. The molecule has 3 N–H and O–H groups in total. The molecule has 0 spiro atoms. The third-order valence-electron chi connectivity index (χ3n) is 1.27. The summed E-state index contributed by atoms with van der Waals surface area (Å²) in [6, 6.07) is 1.78. The summed E-state index contributed by atoms with van der Waals surface area (Å²) in [6.07, 6.45) is 3.39. The molecule has 66 valence electrons. The summed E-state index contributed by atoms with van der Waals surface area (Å²) in [5.41, 5.74) is 5.53. The number of rotatable bonds is 3. The maximum atomic E-state index is 5.77. The SMILES string of the molecule is CC(C)(N)CNc1ncccn1. The Balaban J connectivity index is 2.44. The van der Waals surface area contributed by atoms with Crippen LogP contribution >= 0.6 is 0 Å². The molecule has 1 aromatic heterocycles. The van der Waals surface area contributed by atoms with E-state index in [2.05, 4.69) is 15.3 Å². The number of nitrogens with zero attached hydrogens (tertiary/aromatic N) is 2. The molecule has 0 saturated heterocycles. The van der Waals surface area contributed by atoms with Crippen molar-refractivity contribution in [3.05, 3.63) is 18.5 Å². The molecule has 0 aromatic carbocycles. The van der Waals surface area contributed by atoms with E-state index in [9.17, 15) is 0 Å². The number of anilines is 1. The van der Waals surface area contributed by atoms with E-state index >= 15 is 0 Å². The average molecular weight is 166 g/mol. The topological polar surface area (TPSA) is 63.8 Å². The van der Waals surface area contributed by atoms with Gasteiger partial charge in [-0.1, -0.05) is 0 Å². The largest absolute Gasteiger partial charge is 0.352 e. The maximum Gasteiger partial charge on any atom is 0.222 e. The smallest absolute Gasteiger partial charge is 0.222 e. The summed E-state index contributed by atoms with van der Waals surface area (Å²) in [7, 11) is 0. The first kappa shape index (κ1) is 8.93. The summed E-state index contributed by atoms with van der Waals surface area (Å²) in [6.45, 7) is 4.56. The van der Waals surface area contributed by atoms with E-state index in [1.54, 1.807) is 18.5 Å². The molecular formula is C8H14N4. The van der Waals surface area contributed by atoms with Gasteiger partial charge in [-0.25, -0.2) is 9.97 Å². The fourth-order valence-corrected chi connectivity index (χ4v) is 0.697. The zero-order chi connectivity index (χ0) is 9.03. The first-order chi connectivity index (χ1) is 5.58. The zero-order valence-electron chi connectivity index (χ0n) is 7.41. The van der Waals surface area contributed by atoms with Crippen LogP contribution in [0.2, 0.25) is 0 Å². The molecule has 1 rings (SSSR count). The van der Waals surface area contributed by atoms with Gasteiger partial charge in [-0.3, -0.25) is 0 Å². The zero-order valence-corrected chi connectivity index (χ0v) is 7.41. The second-order valence-corrected chi connectivity index (χ2v) is 3.41. The predicted molar refractivity (Wildman–Crippen MR) is 48.8 cm³/mol. The minimum Gasteiger partial charge on any atom is -0.352 e. The Morgan fingerprint density at radius 3 is 2.50 bits per heavy atom. The van der Waals surface area contributed by atoms with Gasteiger partial charge in [0.2, 0.25) is 5.95 Å². The molecule has 0 aliphatic rings. The van der Waals surface area contributed by atoms with Gasteiger partial charge in [0.25, 0.3) is 0 Å². The summed E-state index contributed by atoms with van der Waals surface area (Å²) in [5.74, 6) is 0.621. The molecule has 0 aliphatic carbocycles. The van der Waals surface area contributed by atoms with Crippen molar-refractivity contribution in [1.82, 2.24) is 9.97 Å². The van der Waals surface area contributed by atoms with Gasteiger partial charge >= 0.3 is 0 Å². The number of nitrogens with two attached hydrogens (primary N) is 1. The molecule has 0 amide bonds. The fourth-order valence-electron chi connectivity index (χ4n) is 0.697. The van der Waals surface area contributed by atoms with E-state index < -0.39 is 0 Å². The Kier molecular flexibility index (Phi) is 2.60. The van der Waals surface area contributed by atoms with Crippen LogP contribution in [0, 0.1) is 0 Å². The van der Waals surface area contributed by atoms with Gasteiger partial charge < -0.3 is 11.1 Å². The Morgan fingerprint density at radius 2 is 2.00 bits per heavy atom. The third kappa shape index (κ3) is 3.30. The van der Waals surface area contributed by atoms with Crippen LogP contribution in [-0.2, 0) is 0 Å². The molecule has 4 heteroatoms. The van der Waals surface area contributed by atoms with Crippen molar-refractivity contribution in [1.29, 1.82) is 0 Å². The van der Waals surface area contributed by atoms with Crippen molar-refractivity contribution < 1.29 is 0 Å². The van der Waals surface area contributed by atoms with Crippen LogP contribution in [0.25, 0.3) is 0 Å². The van der Waals surface area contributed by atoms with E-state index in [0.29, 0.717) is 12.5 Å². The highest BCUT2D eigenvalue weighted by molar-refractivity contribution is 5.22. The lowest BCUT2D eigenvalue weighted by Crippen LogP contribution is -2.39. The van der Waals surface area contributed by atoms with Gasteiger partial charge in [0.1, 0.15) is 0 Å². The van der Waals surface area contributed by atoms with Crippen LogP contribution in [-0.4, -0.2) is 22.1 Å². The van der Waals surface area contributed by atoms with Gasteiger partial charge in [-0.15, -0.1) is 0 Å². The van der Waals surface area contributed by atoms with E-state index in [-0.39, 0.29) is 5.54 Å². The van der Waals surface area contributed by atoms with Crippen LogP contribution in [0.1, 0.15) is 13.8 Å². The standard InChI is InChI=1S/C8H14N4/c1-8(2,9)6-12-7-10-4-3-5-11-7/h3-5H,6,9H2,1-2H3,(H,10,11,12). The Bertz CT molecular complexity index is 227. The molecule has 0 radical (unpaired) electrons. The van der Waals surface area contributed by atoms with Crippen LogP contribution in [0.5, 0.6) is 0 Å². The molecule has 0 aliphatic heterocycles. The van der Waals surface area contributed by atoms with E-state index in [1.807, 2.05) is 13.8 Å². The molecule has 0 bridgehead atoms. The molecule has 1 heterocycles. The Labute approximate surface area is 72.2 Å². The molecule has 0 fully saturated rings. The molecule has 4 nitrogen and oxygen atoms in total. The lowest BCUT2D eigenvalue weighted by atomic mass is 10.1. The second-order valence-electron chi connectivity index (χ2n) is 3.41. The van der Waals surface area contributed by atoms with Crippen molar-refractivity contribution in [3.63, 3.8) is 0 Å². The minimum absolute atomic E-state index is 0.237. The first-order valence-electron chi connectivity index (χ1n) is 3.88. The number of aromatic nitrogens is 2. The van der Waals surface area contributed by atoms with Crippen molar-refractivity contribution in [2.24, 2.45) is 5.73 Å². The lowest BCUT2D eigenvalue weighted by Gasteiger charge is -2.18. The quantitative estimate of drug-likeness (QED) is 0.691. The highest BCUT2D eigenvalue weighted by Crippen LogP contribution is 1.99. The predicted octanol–water partition coefficient (Wildman–Crippen LogP) is 0.626. The minimum atomic E-state index is -0.237. The number of hydrogen-bond acceptors (Lipinski definition) is 4. The molecule has 0 atom stereocenters. The summed E-state index contributed by atoms with van der Waals surface area (Å²) >= 11 is 0. The highest BCUT2D eigenvalue weighted by atomic mass is 15.1. The maximum absolute atomic E-state index is 5.77. The highest BCUT2D eigenvalue weighted by Gasteiger charge is 2.09. The first-order valence-corrected chi connectivity index (χ1v) is 3.88. The van der Waals surface area contributed by atoms with Crippen molar-refractivity contribution in [2.75, 3.05) is 11.9 Å². The molecule has 12 heavy (non-hydrogen) atoms. The van der Waals surface area contributed by atoms with Crippen LogP contribution in [0.4, 0.5) is 5.95 Å². The summed E-state index contributed by atoms with van der Waals surface area (Å²) in [5, 5.41) is 3.04. The van der Waals surface area contributed by atoms with Crippen LogP contribution in [0.15, 0.2) is 18.5 Å². The Hall–Kier alpha value is -1.16. The van der Waals surface area contributed by atoms with Crippen LogP contribution < -0.4 is 11.1 Å². The molecular weight excluding hydrogens is 152 g/mol. The van der Waals surface area contributed by atoms with Crippen molar-refractivity contribution >= 4 is 5.95 Å². The average Bonchev–Trinajstić information content (AvgIpc) is 2.02. The Morgan fingerprint density at radius 1 is 1.42 bits per heavy atom. The van der Waals surface area contributed by atoms with Gasteiger partial charge in [0, 0.05) is 24.5 Å². The van der Waals surface area contributed by atoms with E-state index in [1.165, 1.54) is 0 Å². The third-order valence-corrected chi connectivity index (χ3v) is 1.27. The second kappa shape index (κ2) is 3.49. The van der Waals surface area contributed by atoms with Crippen LogP contribution in [0.3, 0.4) is 0 Å². The molecule has 0 unspecified atom stereocenters. The summed E-state index contributed by atoms with van der Waals surface area (Å²) < 4.78 is 0. The number of nitrogens with one attached hydrogen (secondary N) is 1. The van der Waals surface area contributed by atoms with Crippen molar-refractivity contribution in [3.8, 4) is 0 Å². The normalized spacial score (nSPS) is 11.2. The molecule has 1 aromatic rings. The fraction of sp³-hybridized carbons (Fsp3) is 0.500. The van der Waals surface area contributed by atoms with Gasteiger partial charge in [-0.2, -0.15) is 0 Å². The van der Waals surface area contributed by atoms with E-state index in [0.717, 1.165) is 0 Å². The number of hydrogen-bond donors (Lipinski definition) is 2. The monoisotopic (exact) mass is 166 g/mol. The summed E-state index contributed by atoms with van der Waals surface area (Å²) in [4.78, 5) is 8.01. The van der Waals surface area contributed by atoms with Gasteiger partial charge in [0.15, 0.2) is 0 Å². The lowest BCUT2D eigenvalue weighted by molar-refractivity contribution is 0.547. The van der Waals surface area contributed by atoms with Gasteiger partial charge in [-0.05, 0) is 19.9 Å². The van der Waals surface area contributed by atoms with Crippen molar-refractivity contribution in [2.45, 2.75) is 19.4 Å². The van der Waals surface area contributed by atoms with E-state index in [4.69, 9.17) is 5.73 Å². The van der Waals surface area contributed by atoms with Gasteiger partial charge in [0.05, 0.1) is 0 Å².